The van der Waals surface area contributed by atoms with Crippen LogP contribution in [0, 0.1) is 0 Å². The molecule has 5 heteroatoms. The van der Waals surface area contributed by atoms with Gasteiger partial charge in [-0.05, 0) is 0 Å². The Kier molecular flexibility index (Phi) is 13.5. The first-order valence-electron chi connectivity index (χ1n) is 5.80. The highest BCUT2D eigenvalue weighted by molar-refractivity contribution is 7.80. The lowest BCUT2D eigenvalue weighted by Gasteiger charge is -2.09. The molecule has 1 saturated heterocycles. The van der Waals surface area contributed by atoms with Gasteiger partial charge >= 0.3 is 0 Å². The molecule has 16 heavy (non-hydrogen) atoms. The highest BCUT2D eigenvalue weighted by Gasteiger charge is 2.40. The molecule has 1 aliphatic rings. The van der Waals surface area contributed by atoms with Crippen molar-refractivity contribution in [1.29, 1.82) is 0 Å². The molecule has 3 N–H and O–H groups in total. The van der Waals surface area contributed by atoms with Crippen molar-refractivity contribution in [2.75, 3.05) is 6.61 Å². The molecule has 0 spiro atoms. The molecule has 4 atom stereocenters. The first-order valence-corrected chi connectivity index (χ1v) is 6.32. The normalized spacial score (nSPS) is 32.2. The quantitative estimate of drug-likeness (QED) is 0.531. The van der Waals surface area contributed by atoms with Gasteiger partial charge in [0.1, 0.15) is 23.7 Å². The second-order valence-corrected chi connectivity index (χ2v) is 4.15. The summed E-state index contributed by atoms with van der Waals surface area (Å²) in [5.41, 5.74) is -0.688. The third-order valence-electron chi connectivity index (χ3n) is 1.52. The Labute approximate surface area is 104 Å². The van der Waals surface area contributed by atoms with Crippen LogP contribution in [0.1, 0.15) is 40.5 Å². The zero-order valence-corrected chi connectivity index (χ0v) is 11.5. The van der Waals surface area contributed by atoms with Crippen LogP contribution in [-0.4, -0.2) is 45.7 Å². The lowest BCUT2D eigenvalue weighted by atomic mass is 10.2. The van der Waals surface area contributed by atoms with Crippen LogP contribution in [-0.2, 0) is 4.74 Å². The van der Waals surface area contributed by atoms with Crippen molar-refractivity contribution < 1.29 is 20.1 Å². The van der Waals surface area contributed by atoms with Gasteiger partial charge in [-0.2, -0.15) is 0 Å². The fraction of sp³-hybridized carbons (Fsp3) is 1.00. The minimum atomic E-state index is -1.02. The summed E-state index contributed by atoms with van der Waals surface area (Å²) >= 11 is 3.82. The molecule has 1 aliphatic heterocycles. The van der Waals surface area contributed by atoms with Crippen LogP contribution in [0.2, 0.25) is 0 Å². The standard InChI is InChI=1S/C5H10O4S.2C3H8/c6-1-2-3(7)4(8)5(10)9-2;2*1-3-2/h2-8,10H,1H2;2*3H2,1-2H3/t2-,3+,4-,5?;;/m1../s1. The summed E-state index contributed by atoms with van der Waals surface area (Å²) in [4.78, 5) is 0. The number of ether oxygens (including phenoxy) is 1. The number of hydrogen-bond donors (Lipinski definition) is 4. The summed E-state index contributed by atoms with van der Waals surface area (Å²) in [6, 6.07) is 0. The average Bonchev–Trinajstić information content (AvgIpc) is 2.48. The van der Waals surface area contributed by atoms with E-state index in [4.69, 9.17) is 20.1 Å². The van der Waals surface area contributed by atoms with Gasteiger partial charge in [0.2, 0.25) is 0 Å². The molecule has 0 aromatic carbocycles. The van der Waals surface area contributed by atoms with Gasteiger partial charge in [-0.15, -0.1) is 12.6 Å². The van der Waals surface area contributed by atoms with Crippen LogP contribution in [0.25, 0.3) is 0 Å². The third kappa shape index (κ3) is 7.46. The highest BCUT2D eigenvalue weighted by atomic mass is 32.1. The van der Waals surface area contributed by atoms with Crippen LogP contribution >= 0.6 is 12.6 Å². The SMILES string of the molecule is CCC.CCC.OC[C@H]1OC(S)[C@H](O)[C@H]1O. The first kappa shape index (κ1) is 18.6. The minimum absolute atomic E-state index is 0.296. The lowest BCUT2D eigenvalue weighted by molar-refractivity contribution is -0.00794. The molecule has 0 aromatic heterocycles. The molecule has 1 rings (SSSR count). The predicted molar refractivity (Wildman–Crippen MR) is 68.7 cm³/mol. The minimum Gasteiger partial charge on any atom is -0.394 e. The van der Waals surface area contributed by atoms with Gasteiger partial charge in [0.25, 0.3) is 0 Å². The summed E-state index contributed by atoms with van der Waals surface area (Å²) in [7, 11) is 0. The topological polar surface area (TPSA) is 69.9 Å². The van der Waals surface area contributed by atoms with Crippen LogP contribution in [0.5, 0.6) is 0 Å². The van der Waals surface area contributed by atoms with E-state index < -0.39 is 23.7 Å². The summed E-state index contributed by atoms with van der Waals surface area (Å²) in [5.74, 6) is 0. The van der Waals surface area contributed by atoms with E-state index in [1.807, 2.05) is 0 Å². The molecule has 4 nitrogen and oxygen atoms in total. The summed E-state index contributed by atoms with van der Waals surface area (Å²) in [6.45, 7) is 8.20. The van der Waals surface area contributed by atoms with Gasteiger partial charge in [-0.25, -0.2) is 0 Å². The van der Waals surface area contributed by atoms with Gasteiger partial charge in [0, 0.05) is 0 Å². The Morgan fingerprint density at radius 1 is 1.00 bits per heavy atom. The van der Waals surface area contributed by atoms with E-state index in [0.717, 1.165) is 0 Å². The van der Waals surface area contributed by atoms with E-state index in [9.17, 15) is 0 Å². The van der Waals surface area contributed by atoms with Crippen molar-refractivity contribution in [3.05, 3.63) is 0 Å². The zero-order chi connectivity index (χ0) is 13.1. The Bertz CT molecular complexity index is 144. The van der Waals surface area contributed by atoms with Gasteiger partial charge in [0.15, 0.2) is 0 Å². The summed E-state index contributed by atoms with van der Waals surface area (Å²) < 4.78 is 4.85. The van der Waals surface area contributed by atoms with Crippen molar-refractivity contribution in [2.45, 2.75) is 64.3 Å². The number of thiol groups is 1. The van der Waals surface area contributed by atoms with Crippen molar-refractivity contribution in [1.82, 2.24) is 0 Å². The average molecular weight is 254 g/mol. The molecule has 1 fully saturated rings. The van der Waals surface area contributed by atoms with Crippen molar-refractivity contribution in [3.63, 3.8) is 0 Å². The maximum absolute atomic E-state index is 9.04. The molecule has 1 unspecified atom stereocenters. The molecule has 0 saturated carbocycles. The molecule has 0 aliphatic carbocycles. The van der Waals surface area contributed by atoms with Gasteiger partial charge < -0.3 is 20.1 Å². The first-order chi connectivity index (χ1) is 7.49. The predicted octanol–water partition coefficient (Wildman–Crippen LogP) is 1.19. The maximum atomic E-state index is 9.04. The largest absolute Gasteiger partial charge is 0.394 e. The molecule has 0 radical (unpaired) electrons. The molecular weight excluding hydrogens is 228 g/mol. The zero-order valence-electron chi connectivity index (χ0n) is 10.6. The van der Waals surface area contributed by atoms with Gasteiger partial charge in [0.05, 0.1) is 6.61 Å². The van der Waals surface area contributed by atoms with Crippen LogP contribution in [0.15, 0.2) is 0 Å². The molecule has 0 amide bonds. The second kappa shape index (κ2) is 11.7. The fourth-order valence-electron chi connectivity index (χ4n) is 0.880. The number of hydrogen-bond acceptors (Lipinski definition) is 5. The van der Waals surface area contributed by atoms with Crippen LogP contribution < -0.4 is 0 Å². The van der Waals surface area contributed by atoms with E-state index in [-0.39, 0.29) is 6.61 Å². The maximum Gasteiger partial charge on any atom is 0.129 e. The van der Waals surface area contributed by atoms with Gasteiger partial charge in [-0.3, -0.25) is 0 Å². The molecule has 0 bridgehead atoms. The van der Waals surface area contributed by atoms with Crippen LogP contribution in [0.3, 0.4) is 0 Å². The Morgan fingerprint density at radius 2 is 1.38 bits per heavy atom. The molecule has 100 valence electrons. The fourth-order valence-corrected chi connectivity index (χ4v) is 1.21. The van der Waals surface area contributed by atoms with Crippen molar-refractivity contribution in [3.8, 4) is 0 Å². The number of aliphatic hydroxyl groups excluding tert-OH is 3. The smallest absolute Gasteiger partial charge is 0.129 e. The lowest BCUT2D eigenvalue weighted by Crippen LogP contribution is -2.32. The van der Waals surface area contributed by atoms with E-state index in [2.05, 4.69) is 40.3 Å². The second-order valence-electron chi connectivity index (χ2n) is 3.64. The summed E-state index contributed by atoms with van der Waals surface area (Å²) in [5, 5.41) is 26.6. The van der Waals surface area contributed by atoms with Crippen LogP contribution in [0.4, 0.5) is 0 Å². The monoisotopic (exact) mass is 254 g/mol. The molecule has 0 aromatic rings. The van der Waals surface area contributed by atoms with Crippen molar-refractivity contribution >= 4 is 12.6 Å². The number of aliphatic hydroxyl groups is 3. The molecular formula is C11H26O4S. The van der Waals surface area contributed by atoms with E-state index >= 15 is 0 Å². The highest BCUT2D eigenvalue weighted by Crippen LogP contribution is 2.22. The number of rotatable bonds is 1. The Hall–Kier alpha value is 0.190. The summed E-state index contributed by atoms with van der Waals surface area (Å²) in [6.07, 6.45) is -0.217. The van der Waals surface area contributed by atoms with Crippen molar-refractivity contribution in [2.24, 2.45) is 0 Å². The van der Waals surface area contributed by atoms with E-state index in [1.165, 1.54) is 12.8 Å². The molecule has 1 heterocycles. The Balaban J connectivity index is 0. The van der Waals surface area contributed by atoms with E-state index in [0.29, 0.717) is 0 Å². The third-order valence-corrected chi connectivity index (χ3v) is 1.94. The van der Waals surface area contributed by atoms with Gasteiger partial charge in [-0.1, -0.05) is 40.5 Å². The Morgan fingerprint density at radius 3 is 1.50 bits per heavy atom. The van der Waals surface area contributed by atoms with E-state index in [1.54, 1.807) is 0 Å².